The molecule has 1 aliphatic carbocycles. The van der Waals surface area contributed by atoms with E-state index in [9.17, 15) is 9.90 Å². The largest absolute Gasteiger partial charge is 0.396 e. The first-order valence-electron chi connectivity index (χ1n) is 5.90. The maximum Gasteiger partial charge on any atom is 0.242 e. The number of amides is 1. The van der Waals surface area contributed by atoms with E-state index in [0.29, 0.717) is 5.69 Å². The molecule has 4 N–H and O–H groups in total. The molecule has 17 heavy (non-hydrogen) atoms. The van der Waals surface area contributed by atoms with Crippen LogP contribution >= 0.6 is 0 Å². The van der Waals surface area contributed by atoms with E-state index >= 15 is 0 Å². The Labute approximate surface area is 99.8 Å². The fourth-order valence-corrected chi connectivity index (χ4v) is 2.15. The molecular formula is C11H18N4O2. The number of hydrogen-bond donors (Lipinski definition) is 3. The number of hydrogen-bond acceptors (Lipinski definition) is 4. The van der Waals surface area contributed by atoms with E-state index in [2.05, 4.69) is 10.4 Å². The summed E-state index contributed by atoms with van der Waals surface area (Å²) in [6.07, 6.45) is 6.38. The monoisotopic (exact) mass is 238 g/mol. The van der Waals surface area contributed by atoms with Crippen LogP contribution in [0.1, 0.15) is 25.7 Å². The summed E-state index contributed by atoms with van der Waals surface area (Å²) in [4.78, 5) is 11.7. The molecule has 1 heterocycles. The zero-order valence-electron chi connectivity index (χ0n) is 9.67. The Kier molecular flexibility index (Phi) is 3.63. The second kappa shape index (κ2) is 5.18. The van der Waals surface area contributed by atoms with Crippen molar-refractivity contribution in [2.24, 2.45) is 0 Å². The van der Waals surface area contributed by atoms with Crippen molar-refractivity contribution in [3.63, 3.8) is 0 Å². The molecule has 1 fully saturated rings. The van der Waals surface area contributed by atoms with Gasteiger partial charge in [0.15, 0.2) is 0 Å². The topological polar surface area (TPSA) is 93.2 Å². The van der Waals surface area contributed by atoms with Crippen LogP contribution in [-0.4, -0.2) is 32.9 Å². The van der Waals surface area contributed by atoms with Gasteiger partial charge in [0.05, 0.1) is 24.0 Å². The molecule has 0 saturated heterocycles. The van der Waals surface area contributed by atoms with Crippen LogP contribution in [0.15, 0.2) is 12.4 Å². The van der Waals surface area contributed by atoms with Gasteiger partial charge < -0.3 is 16.2 Å². The van der Waals surface area contributed by atoms with Crippen LogP contribution in [0.25, 0.3) is 0 Å². The number of carbonyl (C=O) groups is 1. The summed E-state index contributed by atoms with van der Waals surface area (Å²) < 4.78 is 1.49. The van der Waals surface area contributed by atoms with E-state index in [1.807, 2.05) is 0 Å². The fourth-order valence-electron chi connectivity index (χ4n) is 2.15. The lowest BCUT2D eigenvalue weighted by atomic mass is 9.92. The van der Waals surface area contributed by atoms with E-state index in [1.165, 1.54) is 10.9 Å². The Morgan fingerprint density at radius 1 is 1.59 bits per heavy atom. The number of nitrogens with zero attached hydrogens (tertiary/aromatic N) is 2. The lowest BCUT2D eigenvalue weighted by Crippen LogP contribution is -2.46. The molecule has 1 amide bonds. The number of carbonyl (C=O) groups excluding carboxylic acids is 1. The van der Waals surface area contributed by atoms with Gasteiger partial charge in [-0.15, -0.1) is 0 Å². The standard InChI is InChI=1S/C11H18N4O2/c12-8-5-13-15(6-8)7-11(17)14-9-3-1-2-4-10(9)16/h5-6,9-10,16H,1-4,7,12H2,(H,14,17)/t9-,10-/m1/s1. The summed E-state index contributed by atoms with van der Waals surface area (Å²) >= 11 is 0. The Bertz CT molecular complexity index is 391. The molecular weight excluding hydrogens is 220 g/mol. The number of rotatable bonds is 3. The van der Waals surface area contributed by atoms with Crippen molar-refractivity contribution in [1.82, 2.24) is 15.1 Å². The van der Waals surface area contributed by atoms with Gasteiger partial charge in [-0.05, 0) is 12.8 Å². The van der Waals surface area contributed by atoms with Crippen molar-refractivity contribution in [1.29, 1.82) is 0 Å². The van der Waals surface area contributed by atoms with Crippen molar-refractivity contribution >= 4 is 11.6 Å². The predicted octanol–water partition coefficient (Wildman–Crippen LogP) is -0.115. The average molecular weight is 238 g/mol. The third-order valence-electron chi connectivity index (χ3n) is 3.03. The molecule has 0 radical (unpaired) electrons. The molecule has 1 saturated carbocycles. The number of nitrogen functional groups attached to an aromatic ring is 1. The maximum absolute atomic E-state index is 11.7. The third-order valence-corrected chi connectivity index (χ3v) is 3.03. The number of nitrogens with one attached hydrogen (secondary N) is 1. The van der Waals surface area contributed by atoms with Crippen LogP contribution in [0.4, 0.5) is 5.69 Å². The van der Waals surface area contributed by atoms with Gasteiger partial charge in [0.2, 0.25) is 5.91 Å². The quantitative estimate of drug-likeness (QED) is 0.684. The second-order valence-electron chi connectivity index (χ2n) is 4.50. The Hall–Kier alpha value is -1.56. The van der Waals surface area contributed by atoms with Crippen molar-refractivity contribution in [2.75, 3.05) is 5.73 Å². The van der Waals surface area contributed by atoms with E-state index in [0.717, 1.165) is 25.7 Å². The Balaban J connectivity index is 1.84. The zero-order valence-corrected chi connectivity index (χ0v) is 9.67. The minimum atomic E-state index is -0.421. The molecule has 1 aromatic rings. The predicted molar refractivity (Wildman–Crippen MR) is 63.0 cm³/mol. The molecule has 6 heteroatoms. The second-order valence-corrected chi connectivity index (χ2v) is 4.50. The van der Waals surface area contributed by atoms with Crippen molar-refractivity contribution in [3.05, 3.63) is 12.4 Å². The van der Waals surface area contributed by atoms with E-state index in [1.54, 1.807) is 6.20 Å². The highest BCUT2D eigenvalue weighted by molar-refractivity contribution is 5.76. The van der Waals surface area contributed by atoms with Gasteiger partial charge in [-0.25, -0.2) is 0 Å². The van der Waals surface area contributed by atoms with Gasteiger partial charge in [-0.2, -0.15) is 5.10 Å². The molecule has 0 unspecified atom stereocenters. The van der Waals surface area contributed by atoms with Crippen LogP contribution in [0, 0.1) is 0 Å². The maximum atomic E-state index is 11.7. The lowest BCUT2D eigenvalue weighted by molar-refractivity contribution is -0.123. The van der Waals surface area contributed by atoms with Gasteiger partial charge in [0, 0.05) is 6.20 Å². The van der Waals surface area contributed by atoms with Gasteiger partial charge in [-0.3, -0.25) is 9.48 Å². The average Bonchev–Trinajstić information content (AvgIpc) is 2.67. The molecule has 2 atom stereocenters. The van der Waals surface area contributed by atoms with Crippen LogP contribution in [0.3, 0.4) is 0 Å². The van der Waals surface area contributed by atoms with Gasteiger partial charge in [0.25, 0.3) is 0 Å². The lowest BCUT2D eigenvalue weighted by Gasteiger charge is -2.28. The van der Waals surface area contributed by atoms with Gasteiger partial charge in [0.1, 0.15) is 6.54 Å². The fraction of sp³-hybridized carbons (Fsp3) is 0.636. The number of aliphatic hydroxyl groups excluding tert-OH is 1. The number of aromatic nitrogens is 2. The SMILES string of the molecule is Nc1cnn(CC(=O)N[C@@H]2CCCC[C@H]2O)c1. The van der Waals surface area contributed by atoms with E-state index in [4.69, 9.17) is 5.73 Å². The number of nitrogens with two attached hydrogens (primary N) is 1. The minimum Gasteiger partial charge on any atom is -0.396 e. The number of anilines is 1. The van der Waals surface area contributed by atoms with E-state index < -0.39 is 6.10 Å². The zero-order chi connectivity index (χ0) is 12.3. The minimum absolute atomic E-state index is 0.121. The molecule has 1 aromatic heterocycles. The van der Waals surface area contributed by atoms with Gasteiger partial charge in [-0.1, -0.05) is 12.8 Å². The molecule has 0 bridgehead atoms. The van der Waals surface area contributed by atoms with Crippen molar-refractivity contribution in [2.45, 2.75) is 44.4 Å². The summed E-state index contributed by atoms with van der Waals surface area (Å²) in [7, 11) is 0. The molecule has 94 valence electrons. The summed E-state index contributed by atoms with van der Waals surface area (Å²) in [5.41, 5.74) is 6.04. The van der Waals surface area contributed by atoms with Crippen LogP contribution in [0.2, 0.25) is 0 Å². The molecule has 6 nitrogen and oxygen atoms in total. The molecule has 0 aliphatic heterocycles. The first-order chi connectivity index (χ1) is 8.15. The molecule has 0 aromatic carbocycles. The molecule has 2 rings (SSSR count). The first kappa shape index (κ1) is 11.9. The van der Waals surface area contributed by atoms with E-state index in [-0.39, 0.29) is 18.5 Å². The smallest absolute Gasteiger partial charge is 0.242 e. The van der Waals surface area contributed by atoms with Crippen molar-refractivity contribution < 1.29 is 9.90 Å². The summed E-state index contributed by atoms with van der Waals surface area (Å²) in [5.74, 6) is -0.140. The Morgan fingerprint density at radius 2 is 2.35 bits per heavy atom. The summed E-state index contributed by atoms with van der Waals surface area (Å²) in [6, 6.07) is -0.121. The molecule has 0 spiro atoms. The van der Waals surface area contributed by atoms with Crippen molar-refractivity contribution in [3.8, 4) is 0 Å². The van der Waals surface area contributed by atoms with Crippen LogP contribution in [0.5, 0.6) is 0 Å². The molecule has 1 aliphatic rings. The highest BCUT2D eigenvalue weighted by atomic mass is 16.3. The van der Waals surface area contributed by atoms with Crippen LogP contribution < -0.4 is 11.1 Å². The third kappa shape index (κ3) is 3.20. The number of aliphatic hydroxyl groups is 1. The van der Waals surface area contributed by atoms with Crippen LogP contribution in [-0.2, 0) is 11.3 Å². The summed E-state index contributed by atoms with van der Waals surface area (Å²) in [6.45, 7) is 0.139. The van der Waals surface area contributed by atoms with Gasteiger partial charge >= 0.3 is 0 Å². The Morgan fingerprint density at radius 3 is 3.00 bits per heavy atom. The first-order valence-corrected chi connectivity index (χ1v) is 5.90. The summed E-state index contributed by atoms with van der Waals surface area (Å²) in [5, 5.41) is 16.5. The normalized spacial score (nSPS) is 24.5. The highest BCUT2D eigenvalue weighted by Crippen LogP contribution is 2.18. The highest BCUT2D eigenvalue weighted by Gasteiger charge is 2.24.